The Hall–Kier alpha value is -1.21. The van der Waals surface area contributed by atoms with Crippen LogP contribution in [0.4, 0.5) is 0 Å². The first-order valence-electron chi connectivity index (χ1n) is 3.58. The monoisotopic (exact) mass is 193 g/mol. The molecule has 2 N–H and O–H groups in total. The standard InChI is InChI=1S/C6H11NO6/c1-2-13-5(10)6(3-8,4-9)7(11)12/h8-9H,2-4H2,1H3. The van der Waals surface area contributed by atoms with E-state index in [0.717, 1.165) is 0 Å². The molecule has 0 bridgehead atoms. The first-order chi connectivity index (χ1) is 6.05. The first kappa shape index (κ1) is 11.8. The molecule has 0 heterocycles. The zero-order valence-corrected chi connectivity index (χ0v) is 7.10. The van der Waals surface area contributed by atoms with Gasteiger partial charge in [0.2, 0.25) is 0 Å². The quantitative estimate of drug-likeness (QED) is 0.314. The number of aliphatic hydroxyl groups excluding tert-OH is 2. The van der Waals surface area contributed by atoms with Crippen LogP contribution in [0.1, 0.15) is 6.92 Å². The molecule has 0 amide bonds. The Balaban J connectivity index is 4.75. The molecular weight excluding hydrogens is 182 g/mol. The maximum atomic E-state index is 11.0. The van der Waals surface area contributed by atoms with Gasteiger partial charge in [0.05, 0.1) is 6.61 Å². The summed E-state index contributed by atoms with van der Waals surface area (Å²) in [5.74, 6) is -1.23. The number of ether oxygens (including phenoxy) is 1. The van der Waals surface area contributed by atoms with E-state index in [0.29, 0.717) is 0 Å². The molecule has 0 aromatic heterocycles. The minimum absolute atomic E-state index is 0.0472. The second-order valence-electron chi connectivity index (χ2n) is 2.33. The van der Waals surface area contributed by atoms with Gasteiger partial charge in [-0.1, -0.05) is 0 Å². The Kier molecular flexibility index (Phi) is 4.29. The molecule has 0 aromatic carbocycles. The van der Waals surface area contributed by atoms with Crippen molar-refractivity contribution in [2.45, 2.75) is 12.5 Å². The molecule has 7 nitrogen and oxygen atoms in total. The van der Waals surface area contributed by atoms with E-state index in [9.17, 15) is 14.9 Å². The molecule has 0 aromatic rings. The van der Waals surface area contributed by atoms with Crippen LogP contribution < -0.4 is 0 Å². The third kappa shape index (κ3) is 2.13. The molecule has 0 fully saturated rings. The van der Waals surface area contributed by atoms with E-state index in [-0.39, 0.29) is 6.61 Å². The van der Waals surface area contributed by atoms with Crippen LogP contribution in [-0.4, -0.2) is 46.5 Å². The van der Waals surface area contributed by atoms with Crippen molar-refractivity contribution in [2.24, 2.45) is 0 Å². The van der Waals surface area contributed by atoms with Gasteiger partial charge in [0.15, 0.2) is 0 Å². The number of hydrogen-bond donors (Lipinski definition) is 2. The van der Waals surface area contributed by atoms with Gasteiger partial charge in [-0.25, -0.2) is 4.79 Å². The average Bonchev–Trinajstić information content (AvgIpc) is 2.07. The van der Waals surface area contributed by atoms with Crippen molar-refractivity contribution >= 4 is 5.97 Å². The number of nitro groups is 1. The van der Waals surface area contributed by atoms with Crippen LogP contribution in [0.2, 0.25) is 0 Å². The lowest BCUT2D eigenvalue weighted by Crippen LogP contribution is -2.53. The van der Waals surface area contributed by atoms with Gasteiger partial charge in [-0.15, -0.1) is 0 Å². The van der Waals surface area contributed by atoms with E-state index < -0.39 is 29.6 Å². The summed E-state index contributed by atoms with van der Waals surface area (Å²) in [5, 5.41) is 27.7. The number of rotatable bonds is 5. The zero-order chi connectivity index (χ0) is 10.5. The summed E-state index contributed by atoms with van der Waals surface area (Å²) in [4.78, 5) is 20.3. The fourth-order valence-corrected chi connectivity index (χ4v) is 0.635. The Morgan fingerprint density at radius 2 is 2.00 bits per heavy atom. The van der Waals surface area contributed by atoms with E-state index in [1.807, 2.05) is 0 Å². The van der Waals surface area contributed by atoms with E-state index in [2.05, 4.69) is 4.74 Å². The second-order valence-corrected chi connectivity index (χ2v) is 2.33. The lowest BCUT2D eigenvalue weighted by atomic mass is 10.0. The number of carbonyl (C=O) groups is 1. The van der Waals surface area contributed by atoms with Gasteiger partial charge in [-0.2, -0.15) is 0 Å². The molecule has 76 valence electrons. The predicted molar refractivity (Wildman–Crippen MR) is 40.5 cm³/mol. The molecule has 0 unspecified atom stereocenters. The summed E-state index contributed by atoms with van der Waals surface area (Å²) in [7, 11) is 0. The fraction of sp³-hybridized carbons (Fsp3) is 0.833. The fourth-order valence-electron chi connectivity index (χ4n) is 0.635. The highest BCUT2D eigenvalue weighted by atomic mass is 16.6. The highest BCUT2D eigenvalue weighted by Crippen LogP contribution is 2.10. The number of nitrogens with zero attached hydrogens (tertiary/aromatic N) is 1. The molecule has 0 saturated heterocycles. The largest absolute Gasteiger partial charge is 0.461 e. The Bertz CT molecular complexity index is 199. The number of hydrogen-bond acceptors (Lipinski definition) is 6. The smallest absolute Gasteiger partial charge is 0.389 e. The van der Waals surface area contributed by atoms with Crippen LogP contribution >= 0.6 is 0 Å². The van der Waals surface area contributed by atoms with Gasteiger partial charge in [-0.3, -0.25) is 10.1 Å². The highest BCUT2D eigenvalue weighted by molar-refractivity contribution is 5.79. The maximum absolute atomic E-state index is 11.0. The average molecular weight is 193 g/mol. The van der Waals surface area contributed by atoms with Gasteiger partial charge in [0, 0.05) is 4.92 Å². The molecule has 13 heavy (non-hydrogen) atoms. The normalized spacial score (nSPS) is 11.0. The molecule has 0 radical (unpaired) electrons. The number of aliphatic hydroxyl groups is 2. The minimum atomic E-state index is -2.43. The lowest BCUT2D eigenvalue weighted by molar-refractivity contribution is -0.562. The third-order valence-corrected chi connectivity index (χ3v) is 1.53. The van der Waals surface area contributed by atoms with Crippen molar-refractivity contribution < 1.29 is 24.7 Å². The lowest BCUT2D eigenvalue weighted by Gasteiger charge is -2.17. The molecule has 0 saturated carbocycles. The van der Waals surface area contributed by atoms with Gasteiger partial charge in [-0.05, 0) is 6.92 Å². The number of esters is 1. The van der Waals surface area contributed by atoms with Crippen LogP contribution in [-0.2, 0) is 9.53 Å². The first-order valence-corrected chi connectivity index (χ1v) is 3.58. The van der Waals surface area contributed by atoms with Crippen molar-refractivity contribution in [3.63, 3.8) is 0 Å². The topological polar surface area (TPSA) is 110 Å². The summed E-state index contributed by atoms with van der Waals surface area (Å²) >= 11 is 0. The van der Waals surface area contributed by atoms with E-state index in [4.69, 9.17) is 10.2 Å². The molecular formula is C6H11NO6. The van der Waals surface area contributed by atoms with Crippen LogP contribution in [0.15, 0.2) is 0 Å². The van der Waals surface area contributed by atoms with Crippen molar-refractivity contribution in [3.8, 4) is 0 Å². The van der Waals surface area contributed by atoms with Crippen LogP contribution in [0.5, 0.6) is 0 Å². The van der Waals surface area contributed by atoms with Crippen molar-refractivity contribution in [1.82, 2.24) is 0 Å². The van der Waals surface area contributed by atoms with Gasteiger partial charge in [0.25, 0.3) is 0 Å². The molecule has 0 rings (SSSR count). The molecule has 0 atom stereocenters. The second kappa shape index (κ2) is 4.73. The predicted octanol–water partition coefficient (Wildman–Crippen LogP) is -1.45. The Morgan fingerprint density at radius 1 is 1.54 bits per heavy atom. The maximum Gasteiger partial charge on any atom is 0.389 e. The minimum Gasteiger partial charge on any atom is -0.461 e. The summed E-state index contributed by atoms with van der Waals surface area (Å²) in [6.07, 6.45) is 0. The molecule has 7 heteroatoms. The zero-order valence-electron chi connectivity index (χ0n) is 7.10. The molecule has 0 aliphatic heterocycles. The number of carbonyl (C=O) groups excluding carboxylic acids is 1. The van der Waals surface area contributed by atoms with Crippen LogP contribution in [0.25, 0.3) is 0 Å². The van der Waals surface area contributed by atoms with Crippen LogP contribution in [0.3, 0.4) is 0 Å². The third-order valence-electron chi connectivity index (χ3n) is 1.53. The van der Waals surface area contributed by atoms with Gasteiger partial charge < -0.3 is 14.9 Å². The summed E-state index contributed by atoms with van der Waals surface area (Å²) in [6.45, 7) is -0.754. The summed E-state index contributed by atoms with van der Waals surface area (Å²) in [5.41, 5.74) is -2.43. The molecule has 0 aliphatic carbocycles. The van der Waals surface area contributed by atoms with Crippen molar-refractivity contribution in [1.29, 1.82) is 0 Å². The SMILES string of the molecule is CCOC(=O)C(CO)(CO)[N+](=O)[O-]. The van der Waals surface area contributed by atoms with Crippen LogP contribution in [0, 0.1) is 10.1 Å². The molecule has 0 spiro atoms. The summed E-state index contributed by atoms with van der Waals surface area (Å²) < 4.78 is 4.35. The molecule has 0 aliphatic rings. The Morgan fingerprint density at radius 3 is 2.23 bits per heavy atom. The van der Waals surface area contributed by atoms with E-state index >= 15 is 0 Å². The van der Waals surface area contributed by atoms with E-state index in [1.165, 1.54) is 6.92 Å². The van der Waals surface area contributed by atoms with Crippen molar-refractivity contribution in [3.05, 3.63) is 10.1 Å². The Labute approximate surface area is 74.1 Å². The van der Waals surface area contributed by atoms with Crippen molar-refractivity contribution in [2.75, 3.05) is 19.8 Å². The highest BCUT2D eigenvalue weighted by Gasteiger charge is 2.52. The summed E-state index contributed by atoms with van der Waals surface area (Å²) in [6, 6.07) is 0. The van der Waals surface area contributed by atoms with E-state index in [1.54, 1.807) is 0 Å². The van der Waals surface area contributed by atoms with Gasteiger partial charge >= 0.3 is 11.5 Å². The van der Waals surface area contributed by atoms with Gasteiger partial charge in [0.1, 0.15) is 13.2 Å².